The molecule has 0 spiro atoms. The van der Waals surface area contributed by atoms with E-state index in [4.69, 9.17) is 35.3 Å². The average molecular weight is 445 g/mol. The van der Waals surface area contributed by atoms with Crippen molar-refractivity contribution >= 4 is 28.5 Å². The minimum absolute atomic E-state index is 0.00618. The number of methoxy groups -OCH3 is 1. The van der Waals surface area contributed by atoms with Crippen molar-refractivity contribution < 1.29 is 28.5 Å². The first-order valence-electron chi connectivity index (χ1n) is 9.84. The fourth-order valence-corrected chi connectivity index (χ4v) is 3.70. The van der Waals surface area contributed by atoms with Crippen LogP contribution in [0.25, 0.3) is 22.3 Å². The van der Waals surface area contributed by atoms with Gasteiger partial charge in [-0.05, 0) is 49.2 Å². The van der Waals surface area contributed by atoms with Crippen molar-refractivity contribution in [3.8, 4) is 22.8 Å². The summed E-state index contributed by atoms with van der Waals surface area (Å²) in [6.45, 7) is 0.743. The Bertz CT molecular complexity index is 1150. The van der Waals surface area contributed by atoms with E-state index in [-0.39, 0.29) is 23.0 Å². The van der Waals surface area contributed by atoms with Gasteiger partial charge in [0, 0.05) is 11.6 Å². The first kappa shape index (κ1) is 21.2. The van der Waals surface area contributed by atoms with Gasteiger partial charge in [-0.3, -0.25) is 9.59 Å². The lowest BCUT2D eigenvalue weighted by Crippen LogP contribution is -2.36. The Morgan fingerprint density at radius 3 is 2.58 bits per heavy atom. The van der Waals surface area contributed by atoms with E-state index in [1.54, 1.807) is 36.4 Å². The molecule has 1 heterocycles. The first-order valence-corrected chi connectivity index (χ1v) is 10.2. The van der Waals surface area contributed by atoms with Crippen LogP contribution < -0.4 is 14.9 Å². The largest absolute Gasteiger partial charge is 0.496 e. The zero-order valence-corrected chi connectivity index (χ0v) is 17.6. The monoisotopic (exact) mass is 444 g/mol. The minimum Gasteiger partial charge on any atom is -0.496 e. The third kappa shape index (κ3) is 4.52. The predicted octanol–water partition coefficient (Wildman–Crippen LogP) is 4.38. The summed E-state index contributed by atoms with van der Waals surface area (Å²) in [5, 5.41) is 9.50. The number of carboxylic acid groups (broad SMARTS) is 1. The van der Waals surface area contributed by atoms with Crippen molar-refractivity contribution in [3.63, 3.8) is 0 Å². The summed E-state index contributed by atoms with van der Waals surface area (Å²) in [4.78, 5) is 23.4. The summed E-state index contributed by atoms with van der Waals surface area (Å²) in [6.07, 6.45) is 1.10. The number of fused-ring (bicyclic) bond motifs is 1. The van der Waals surface area contributed by atoms with E-state index in [1.807, 2.05) is 0 Å². The number of carbonyl (C=O) groups is 1. The van der Waals surface area contributed by atoms with E-state index in [0.29, 0.717) is 59.3 Å². The van der Waals surface area contributed by atoms with Gasteiger partial charge in [-0.2, -0.15) is 0 Å². The van der Waals surface area contributed by atoms with E-state index < -0.39 is 5.97 Å². The van der Waals surface area contributed by atoms with Gasteiger partial charge >= 0.3 is 5.97 Å². The smallest absolute Gasteiger partial charge is 0.306 e. The van der Waals surface area contributed by atoms with Gasteiger partial charge in [0.25, 0.3) is 0 Å². The number of aliphatic carboxylic acids is 1. The lowest BCUT2D eigenvalue weighted by molar-refractivity contribution is -0.151. The Labute approximate surface area is 183 Å². The maximum absolute atomic E-state index is 12.6. The average Bonchev–Trinajstić information content (AvgIpc) is 2.73. The molecule has 31 heavy (non-hydrogen) atoms. The Balaban J connectivity index is 1.39. The van der Waals surface area contributed by atoms with Crippen LogP contribution in [0.15, 0.2) is 51.7 Å². The lowest BCUT2D eigenvalue weighted by Gasteiger charge is -2.31. The molecule has 8 heteroatoms. The lowest BCUT2D eigenvalue weighted by atomic mass is 9.82. The highest BCUT2D eigenvalue weighted by Gasteiger charge is 2.34. The zero-order chi connectivity index (χ0) is 22.0. The fourth-order valence-electron chi connectivity index (χ4n) is 3.51. The van der Waals surface area contributed by atoms with E-state index in [1.165, 1.54) is 13.2 Å². The number of hydrogen-bond donors (Lipinski definition) is 1. The summed E-state index contributed by atoms with van der Waals surface area (Å²) in [6, 6.07) is 11.8. The van der Waals surface area contributed by atoms with Crippen LogP contribution in [-0.4, -0.2) is 37.5 Å². The van der Waals surface area contributed by atoms with Crippen LogP contribution in [0.2, 0.25) is 5.02 Å². The van der Waals surface area contributed by atoms with E-state index in [2.05, 4.69) is 0 Å². The van der Waals surface area contributed by atoms with Gasteiger partial charge in [0.2, 0.25) is 0 Å². The van der Waals surface area contributed by atoms with E-state index in [0.717, 1.165) is 0 Å². The van der Waals surface area contributed by atoms with Gasteiger partial charge in [0.05, 0.1) is 30.8 Å². The number of ether oxygens (including phenoxy) is 3. The van der Waals surface area contributed by atoms with Crippen molar-refractivity contribution in [1.29, 1.82) is 0 Å². The van der Waals surface area contributed by atoms with Gasteiger partial charge in [-0.25, -0.2) is 0 Å². The summed E-state index contributed by atoms with van der Waals surface area (Å²) >= 11 is 6.22. The van der Waals surface area contributed by atoms with Crippen LogP contribution in [0, 0.1) is 5.92 Å². The molecule has 1 N–H and O–H groups in total. The molecule has 1 aliphatic rings. The highest BCUT2D eigenvalue weighted by atomic mass is 35.5. The van der Waals surface area contributed by atoms with Gasteiger partial charge in [0.1, 0.15) is 29.3 Å². The normalized spacial score (nSPS) is 17.9. The Kier molecular flexibility index (Phi) is 6.15. The number of carboxylic acids is 1. The van der Waals surface area contributed by atoms with Crippen molar-refractivity contribution in [2.24, 2.45) is 5.92 Å². The molecular weight excluding hydrogens is 424 g/mol. The predicted molar refractivity (Wildman–Crippen MR) is 115 cm³/mol. The van der Waals surface area contributed by atoms with Crippen LogP contribution in [0.4, 0.5) is 0 Å². The van der Waals surface area contributed by atoms with Gasteiger partial charge in [-0.1, -0.05) is 11.6 Å². The molecule has 1 saturated carbocycles. The Morgan fingerprint density at radius 1 is 1.16 bits per heavy atom. The highest BCUT2D eigenvalue weighted by Crippen LogP contribution is 2.33. The second-order valence-electron chi connectivity index (χ2n) is 7.30. The Hall–Kier alpha value is -3.03. The second-order valence-corrected chi connectivity index (χ2v) is 7.71. The van der Waals surface area contributed by atoms with Crippen LogP contribution in [0.1, 0.15) is 12.8 Å². The van der Waals surface area contributed by atoms with Crippen molar-refractivity contribution in [2.75, 3.05) is 20.3 Å². The number of rotatable bonds is 8. The molecule has 0 unspecified atom stereocenters. The van der Waals surface area contributed by atoms with Crippen LogP contribution in [0.5, 0.6) is 11.5 Å². The standard InChI is InChI=1S/C23H21ClO7/c1-28-19-7-6-17(24)22-21(19)18(25)12-20(31-22)13-2-4-15(5-3-13)29-8-9-30-16-10-14(11-16)23(26)27/h2-7,12,14,16H,8-11H2,1H3,(H,26,27)/t14-,16+. The molecular formula is C23H21ClO7. The third-order valence-electron chi connectivity index (χ3n) is 5.30. The van der Waals surface area contributed by atoms with Crippen LogP contribution in [-0.2, 0) is 9.53 Å². The molecule has 4 rings (SSSR count). The van der Waals surface area contributed by atoms with Crippen molar-refractivity contribution in [3.05, 3.63) is 57.7 Å². The van der Waals surface area contributed by atoms with Crippen molar-refractivity contribution in [2.45, 2.75) is 18.9 Å². The number of halogens is 1. The molecule has 0 bridgehead atoms. The van der Waals surface area contributed by atoms with E-state index >= 15 is 0 Å². The summed E-state index contributed by atoms with van der Waals surface area (Å²) in [5.74, 6) is 0.392. The van der Waals surface area contributed by atoms with Gasteiger partial charge < -0.3 is 23.7 Å². The third-order valence-corrected chi connectivity index (χ3v) is 5.60. The molecule has 3 aromatic rings. The van der Waals surface area contributed by atoms with Crippen molar-refractivity contribution in [1.82, 2.24) is 0 Å². The molecule has 7 nitrogen and oxygen atoms in total. The molecule has 2 aromatic carbocycles. The molecule has 1 aromatic heterocycles. The molecule has 0 amide bonds. The second kappa shape index (κ2) is 8.99. The molecule has 0 aliphatic heterocycles. The SMILES string of the molecule is COc1ccc(Cl)c2oc(-c3ccc(OCCO[C@H]4C[C@@H](C(=O)O)C4)cc3)cc(=O)c12. The topological polar surface area (TPSA) is 95.2 Å². The number of hydrogen-bond acceptors (Lipinski definition) is 6. The van der Waals surface area contributed by atoms with Crippen LogP contribution >= 0.6 is 11.6 Å². The van der Waals surface area contributed by atoms with E-state index in [9.17, 15) is 9.59 Å². The minimum atomic E-state index is -0.764. The van der Waals surface area contributed by atoms with Gasteiger partial charge in [0.15, 0.2) is 11.0 Å². The molecule has 0 atom stereocenters. The summed E-state index contributed by atoms with van der Waals surface area (Å²) < 4.78 is 22.4. The first-order chi connectivity index (χ1) is 15.0. The molecule has 162 valence electrons. The maximum atomic E-state index is 12.6. The Morgan fingerprint density at radius 2 is 1.90 bits per heavy atom. The van der Waals surface area contributed by atoms with Crippen LogP contribution in [0.3, 0.4) is 0 Å². The molecule has 1 fully saturated rings. The number of benzene rings is 2. The molecule has 0 radical (unpaired) electrons. The zero-order valence-electron chi connectivity index (χ0n) is 16.8. The summed E-state index contributed by atoms with van der Waals surface area (Å²) in [7, 11) is 1.48. The van der Waals surface area contributed by atoms with Gasteiger partial charge in [-0.15, -0.1) is 0 Å². The molecule has 1 aliphatic carbocycles. The summed E-state index contributed by atoms with van der Waals surface area (Å²) in [5.41, 5.74) is 0.743. The quantitative estimate of drug-likeness (QED) is 0.515. The molecule has 0 saturated heterocycles. The fraction of sp³-hybridized carbons (Fsp3) is 0.304. The highest BCUT2D eigenvalue weighted by molar-refractivity contribution is 6.35. The maximum Gasteiger partial charge on any atom is 0.306 e.